The number of urea groups is 1. The number of hydrogen-bond donors (Lipinski definition) is 3. The predicted molar refractivity (Wildman–Crippen MR) is 150 cm³/mol. The zero-order chi connectivity index (χ0) is 28.7. The van der Waals surface area contributed by atoms with Crippen molar-refractivity contribution in [1.82, 2.24) is 25.1 Å². The number of carbonyl (C=O) groups is 3. The van der Waals surface area contributed by atoms with Crippen LogP contribution in [-0.2, 0) is 18.4 Å². The monoisotopic (exact) mass is 547 g/mol. The van der Waals surface area contributed by atoms with E-state index in [1.807, 2.05) is 36.1 Å². The van der Waals surface area contributed by atoms with E-state index in [-0.39, 0.29) is 24.7 Å². The Balaban J connectivity index is 1.26. The molecule has 2 aromatic carbocycles. The lowest BCUT2D eigenvalue weighted by atomic mass is 9.98. The molecule has 1 atom stereocenters. The smallest absolute Gasteiger partial charge is 0.323 e. The predicted octanol–water partition coefficient (Wildman–Crippen LogP) is 3.05. The van der Waals surface area contributed by atoms with Crippen molar-refractivity contribution in [2.24, 2.45) is 7.05 Å². The quantitative estimate of drug-likeness (QED) is 0.261. The van der Waals surface area contributed by atoms with Crippen molar-refractivity contribution in [3.8, 4) is 45.9 Å². The lowest BCUT2D eigenvalue weighted by Crippen LogP contribution is -2.54. The molecule has 10 nitrogen and oxygen atoms in total. The molecule has 0 aliphatic carbocycles. The van der Waals surface area contributed by atoms with E-state index in [4.69, 9.17) is 4.74 Å². The van der Waals surface area contributed by atoms with Crippen LogP contribution in [0.2, 0.25) is 0 Å². The number of methoxy groups -OCH3 is 1. The molecule has 1 saturated heterocycles. The first-order valence-corrected chi connectivity index (χ1v) is 12.8. The number of pyridine rings is 1. The molecule has 1 fully saturated rings. The van der Waals surface area contributed by atoms with Crippen LogP contribution >= 0.6 is 0 Å². The van der Waals surface area contributed by atoms with Gasteiger partial charge in [-0.25, -0.2) is 9.78 Å². The third-order valence-electron chi connectivity index (χ3n) is 7.15. The molecule has 0 spiro atoms. The van der Waals surface area contributed by atoms with Gasteiger partial charge in [-0.15, -0.1) is 0 Å². The van der Waals surface area contributed by atoms with Crippen LogP contribution < -0.4 is 15.4 Å². The first kappa shape index (κ1) is 25.7. The van der Waals surface area contributed by atoms with Crippen LogP contribution in [0.1, 0.15) is 21.5 Å². The van der Waals surface area contributed by atoms with Gasteiger partial charge in [0.1, 0.15) is 17.2 Å². The third-order valence-corrected chi connectivity index (χ3v) is 7.15. The van der Waals surface area contributed by atoms with Crippen molar-refractivity contribution in [3.05, 3.63) is 89.7 Å². The van der Waals surface area contributed by atoms with E-state index in [2.05, 4.69) is 27.5 Å². The number of ether oxygens (including phenoxy) is 1. The first-order valence-electron chi connectivity index (χ1n) is 12.8. The van der Waals surface area contributed by atoms with Gasteiger partial charge in [0, 0.05) is 48.2 Å². The van der Waals surface area contributed by atoms with Gasteiger partial charge in [-0.05, 0) is 48.0 Å². The Hall–Kier alpha value is -5.56. The lowest BCUT2D eigenvalue weighted by Gasteiger charge is -2.26. The molecule has 10 heteroatoms. The molecule has 204 valence electrons. The van der Waals surface area contributed by atoms with Crippen molar-refractivity contribution in [3.63, 3.8) is 0 Å². The molecule has 4 amide bonds. The number of hydrogen-bond acceptors (Lipinski definition) is 6. The van der Waals surface area contributed by atoms with Gasteiger partial charge >= 0.3 is 6.03 Å². The van der Waals surface area contributed by atoms with Crippen molar-refractivity contribution in [2.75, 3.05) is 13.7 Å². The molecule has 1 unspecified atom stereocenters. The summed E-state index contributed by atoms with van der Waals surface area (Å²) in [6, 6.07) is 16.9. The Morgan fingerprint density at radius 3 is 2.54 bits per heavy atom. The fraction of sp³-hybridized carbons (Fsp3) is 0.161. The minimum atomic E-state index is -1.62. The largest absolute Gasteiger partial charge is 0.506 e. The van der Waals surface area contributed by atoms with Crippen LogP contribution in [0.3, 0.4) is 0 Å². The standard InChI is InChI=1S/C31H25N5O5/c1-35-14-12-22(16-35)25-9-10-26(37)27(32-25)20-5-3-19(4-6-20)11-13-31(29(39)33-30(40)34-31)18-36-17-21-7-8-23(41-2)15-24(21)28(36)38/h3-10,12,14-16,37H,17-18H2,1-2H3,(H2,33,34,39,40). The third kappa shape index (κ3) is 4.74. The highest BCUT2D eigenvalue weighted by molar-refractivity contribution is 6.10. The Morgan fingerprint density at radius 2 is 1.85 bits per heavy atom. The summed E-state index contributed by atoms with van der Waals surface area (Å²) in [6.07, 6.45) is 3.87. The molecule has 3 N–H and O–H groups in total. The zero-order valence-corrected chi connectivity index (χ0v) is 22.3. The van der Waals surface area contributed by atoms with Crippen molar-refractivity contribution < 1.29 is 24.2 Å². The first-order chi connectivity index (χ1) is 19.7. The minimum absolute atomic E-state index is 0.0432. The summed E-state index contributed by atoms with van der Waals surface area (Å²) in [6.45, 7) is 0.146. The molecule has 6 rings (SSSR count). The highest BCUT2D eigenvalue weighted by Crippen LogP contribution is 2.31. The highest BCUT2D eigenvalue weighted by Gasteiger charge is 2.48. The summed E-state index contributed by atoms with van der Waals surface area (Å²) in [5, 5.41) is 15.3. The molecule has 41 heavy (non-hydrogen) atoms. The van der Waals surface area contributed by atoms with Gasteiger partial charge in [0.15, 0.2) is 0 Å². The number of aryl methyl sites for hydroxylation is 1. The maximum Gasteiger partial charge on any atom is 0.323 e. The Kier molecular flexibility index (Phi) is 6.19. The van der Waals surface area contributed by atoms with Crippen molar-refractivity contribution in [1.29, 1.82) is 0 Å². The second kappa shape index (κ2) is 9.88. The van der Waals surface area contributed by atoms with E-state index in [1.54, 1.807) is 48.5 Å². The summed E-state index contributed by atoms with van der Waals surface area (Å²) < 4.78 is 7.16. The van der Waals surface area contributed by atoms with E-state index in [9.17, 15) is 19.5 Å². The van der Waals surface area contributed by atoms with Gasteiger partial charge in [0.25, 0.3) is 11.8 Å². The molecule has 0 saturated carbocycles. The number of rotatable bonds is 5. The molecule has 0 bridgehead atoms. The molecule has 4 aromatic rings. The Morgan fingerprint density at radius 1 is 1.05 bits per heavy atom. The van der Waals surface area contributed by atoms with Crippen LogP contribution in [-0.4, -0.2) is 56.6 Å². The highest BCUT2D eigenvalue weighted by atomic mass is 16.5. The number of nitrogens with zero attached hydrogens (tertiary/aromatic N) is 3. The summed E-state index contributed by atoms with van der Waals surface area (Å²) in [5.74, 6) is 5.58. The number of carbonyl (C=O) groups excluding carboxylic acids is 3. The van der Waals surface area contributed by atoms with Crippen LogP contribution in [0.5, 0.6) is 11.5 Å². The Bertz CT molecular complexity index is 1780. The van der Waals surface area contributed by atoms with Gasteiger partial charge in [0.05, 0.1) is 19.3 Å². The number of aromatic nitrogens is 2. The van der Waals surface area contributed by atoms with Crippen LogP contribution in [0.25, 0.3) is 22.5 Å². The van der Waals surface area contributed by atoms with Gasteiger partial charge in [-0.1, -0.05) is 30.0 Å². The van der Waals surface area contributed by atoms with Crippen molar-refractivity contribution in [2.45, 2.75) is 12.1 Å². The maximum atomic E-state index is 13.1. The summed E-state index contributed by atoms with van der Waals surface area (Å²) in [7, 11) is 3.45. The normalized spacial score (nSPS) is 17.5. The SMILES string of the molecule is COc1ccc2c(c1)C(=O)N(CC1(C#Cc3ccc(-c4nc(-c5ccn(C)c5)ccc4O)cc3)NC(=O)NC1=O)C2. The van der Waals surface area contributed by atoms with E-state index in [0.29, 0.717) is 28.1 Å². The molecule has 0 radical (unpaired) electrons. The number of benzene rings is 2. The minimum Gasteiger partial charge on any atom is -0.506 e. The van der Waals surface area contributed by atoms with E-state index in [0.717, 1.165) is 16.8 Å². The van der Waals surface area contributed by atoms with Gasteiger partial charge in [-0.3, -0.25) is 14.9 Å². The molecule has 2 aromatic heterocycles. The fourth-order valence-corrected chi connectivity index (χ4v) is 4.98. The van der Waals surface area contributed by atoms with Gasteiger partial charge in [-0.2, -0.15) is 0 Å². The van der Waals surface area contributed by atoms with E-state index in [1.165, 1.54) is 12.0 Å². The van der Waals surface area contributed by atoms with Crippen LogP contribution in [0.4, 0.5) is 4.79 Å². The number of amides is 4. The van der Waals surface area contributed by atoms with E-state index < -0.39 is 17.5 Å². The van der Waals surface area contributed by atoms with Crippen LogP contribution in [0, 0.1) is 11.8 Å². The summed E-state index contributed by atoms with van der Waals surface area (Å²) in [4.78, 5) is 44.3. The average molecular weight is 548 g/mol. The second-order valence-electron chi connectivity index (χ2n) is 9.96. The van der Waals surface area contributed by atoms with Gasteiger partial charge < -0.3 is 24.6 Å². The molecular formula is C31H25N5O5. The summed E-state index contributed by atoms with van der Waals surface area (Å²) >= 11 is 0. The van der Waals surface area contributed by atoms with E-state index >= 15 is 0 Å². The Labute approximate surface area is 235 Å². The fourth-order valence-electron chi connectivity index (χ4n) is 4.98. The number of imide groups is 1. The maximum absolute atomic E-state index is 13.1. The zero-order valence-electron chi connectivity index (χ0n) is 22.3. The molecule has 2 aliphatic heterocycles. The number of fused-ring (bicyclic) bond motifs is 1. The number of nitrogens with one attached hydrogen (secondary N) is 2. The van der Waals surface area contributed by atoms with Crippen molar-refractivity contribution >= 4 is 17.8 Å². The molecule has 2 aliphatic rings. The molecular weight excluding hydrogens is 522 g/mol. The van der Waals surface area contributed by atoms with Crippen LogP contribution in [0.15, 0.2) is 73.1 Å². The second-order valence-corrected chi connectivity index (χ2v) is 9.96. The number of aromatic hydroxyl groups is 1. The topological polar surface area (TPSA) is 126 Å². The summed E-state index contributed by atoms with van der Waals surface area (Å²) in [5.41, 5.74) is 3.00. The average Bonchev–Trinajstić information content (AvgIpc) is 3.62. The lowest BCUT2D eigenvalue weighted by molar-refractivity contribution is -0.122. The molecule has 4 heterocycles. The van der Waals surface area contributed by atoms with Gasteiger partial charge in [0.2, 0.25) is 5.54 Å².